The maximum atomic E-state index is 13.3. The number of carbonyl (C=O) groups is 4. The van der Waals surface area contributed by atoms with E-state index in [-0.39, 0.29) is 34.2 Å². The Kier molecular flexibility index (Phi) is 4.14. The van der Waals surface area contributed by atoms with E-state index >= 15 is 0 Å². The summed E-state index contributed by atoms with van der Waals surface area (Å²) >= 11 is 0. The van der Waals surface area contributed by atoms with Crippen LogP contribution in [0.3, 0.4) is 0 Å². The number of nitrogens with one attached hydrogen (secondary N) is 1. The highest BCUT2D eigenvalue weighted by atomic mass is 16.2. The average molecular weight is 431 g/mol. The van der Waals surface area contributed by atoms with Crippen molar-refractivity contribution in [3.8, 4) is 11.1 Å². The SMILES string of the molecule is O=C(Nc1cccc2c1C(=O)[C@H]1C=CC=C[C@@H]1C2=O)c1cccc2c1C(=O)c1ccccc1-2. The van der Waals surface area contributed by atoms with Crippen LogP contribution in [-0.4, -0.2) is 23.3 Å². The van der Waals surface area contributed by atoms with Gasteiger partial charge in [-0.05, 0) is 23.3 Å². The molecule has 0 spiro atoms. The molecule has 6 rings (SSSR count). The third kappa shape index (κ3) is 2.72. The molecule has 3 aromatic carbocycles. The summed E-state index contributed by atoms with van der Waals surface area (Å²) in [6, 6.07) is 17.3. The van der Waals surface area contributed by atoms with E-state index in [0.717, 1.165) is 5.56 Å². The van der Waals surface area contributed by atoms with Crippen molar-refractivity contribution in [2.45, 2.75) is 0 Å². The molecule has 5 nitrogen and oxygen atoms in total. The smallest absolute Gasteiger partial charge is 0.256 e. The molecule has 3 aromatic rings. The van der Waals surface area contributed by atoms with Crippen LogP contribution in [-0.2, 0) is 0 Å². The van der Waals surface area contributed by atoms with Gasteiger partial charge in [0.05, 0.1) is 28.7 Å². The fourth-order valence-corrected chi connectivity index (χ4v) is 5.03. The van der Waals surface area contributed by atoms with Crippen molar-refractivity contribution in [3.63, 3.8) is 0 Å². The predicted octanol–water partition coefficient (Wildman–Crippen LogP) is 4.89. The molecule has 33 heavy (non-hydrogen) atoms. The average Bonchev–Trinajstić information content (AvgIpc) is 3.15. The number of allylic oxidation sites excluding steroid dienone is 4. The van der Waals surface area contributed by atoms with Crippen molar-refractivity contribution >= 4 is 28.9 Å². The Morgan fingerprint density at radius 1 is 0.636 bits per heavy atom. The van der Waals surface area contributed by atoms with Gasteiger partial charge >= 0.3 is 0 Å². The minimum Gasteiger partial charge on any atom is -0.321 e. The number of anilines is 1. The lowest BCUT2D eigenvalue weighted by molar-refractivity contribution is 0.0802. The maximum absolute atomic E-state index is 13.3. The standard InChI is InChI=1S/C28H17NO4/c30-25-18-9-3-4-10-19(18)27(32)24-20(25)12-6-14-22(24)29-28(33)21-13-5-11-16-15-7-1-2-8-17(15)26(31)23(16)21/h1-14,18-19H,(H,29,33)/t18-,19-/m0/s1. The maximum Gasteiger partial charge on any atom is 0.256 e. The largest absolute Gasteiger partial charge is 0.321 e. The van der Waals surface area contributed by atoms with E-state index in [1.54, 1.807) is 66.8 Å². The third-order valence-corrected chi connectivity index (χ3v) is 6.56. The van der Waals surface area contributed by atoms with Crippen LogP contribution in [0.1, 0.15) is 47.0 Å². The highest BCUT2D eigenvalue weighted by molar-refractivity contribution is 6.27. The molecule has 0 saturated heterocycles. The summed E-state index contributed by atoms with van der Waals surface area (Å²) in [6.07, 6.45) is 7.01. The fourth-order valence-electron chi connectivity index (χ4n) is 5.03. The zero-order valence-corrected chi connectivity index (χ0v) is 17.4. The van der Waals surface area contributed by atoms with E-state index < -0.39 is 17.7 Å². The summed E-state index contributed by atoms with van der Waals surface area (Å²) in [5.41, 5.74) is 3.47. The van der Waals surface area contributed by atoms with Crippen LogP contribution in [0.15, 0.2) is 85.0 Å². The number of hydrogen-bond donors (Lipinski definition) is 1. The summed E-state index contributed by atoms with van der Waals surface area (Å²) in [5.74, 6) is -2.14. The molecule has 0 fully saturated rings. The number of ketones is 3. The summed E-state index contributed by atoms with van der Waals surface area (Å²) < 4.78 is 0. The number of fused-ring (bicyclic) bond motifs is 5. The van der Waals surface area contributed by atoms with Gasteiger partial charge in [0.1, 0.15) is 0 Å². The molecule has 1 N–H and O–H groups in total. The normalized spacial score (nSPS) is 19.6. The molecule has 0 saturated carbocycles. The molecule has 0 unspecified atom stereocenters. The highest BCUT2D eigenvalue weighted by Gasteiger charge is 2.41. The molecular weight excluding hydrogens is 414 g/mol. The van der Waals surface area contributed by atoms with Crippen molar-refractivity contribution in [2.75, 3.05) is 5.32 Å². The van der Waals surface area contributed by atoms with E-state index in [0.29, 0.717) is 22.3 Å². The fraction of sp³-hybridized carbons (Fsp3) is 0.0714. The number of amides is 1. The number of benzene rings is 3. The zero-order chi connectivity index (χ0) is 22.7. The van der Waals surface area contributed by atoms with Gasteiger partial charge in [-0.2, -0.15) is 0 Å². The van der Waals surface area contributed by atoms with Crippen LogP contribution < -0.4 is 5.32 Å². The Morgan fingerprint density at radius 2 is 1.27 bits per heavy atom. The van der Waals surface area contributed by atoms with Gasteiger partial charge in [0.25, 0.3) is 5.91 Å². The lowest BCUT2D eigenvalue weighted by Gasteiger charge is -2.29. The number of rotatable bonds is 2. The summed E-state index contributed by atoms with van der Waals surface area (Å²) in [4.78, 5) is 52.7. The molecule has 0 aromatic heterocycles. The van der Waals surface area contributed by atoms with Gasteiger partial charge in [-0.1, -0.05) is 72.8 Å². The lowest BCUT2D eigenvalue weighted by atomic mass is 9.72. The second-order valence-corrected chi connectivity index (χ2v) is 8.33. The van der Waals surface area contributed by atoms with Crippen LogP contribution >= 0.6 is 0 Å². The second kappa shape index (κ2) is 7.07. The van der Waals surface area contributed by atoms with Crippen molar-refractivity contribution in [1.29, 1.82) is 0 Å². The Bertz CT molecular complexity index is 1480. The number of carbonyl (C=O) groups excluding carboxylic acids is 4. The van der Waals surface area contributed by atoms with E-state index in [4.69, 9.17) is 0 Å². The molecule has 158 valence electrons. The summed E-state index contributed by atoms with van der Waals surface area (Å²) in [5, 5.41) is 2.80. The first-order valence-corrected chi connectivity index (χ1v) is 10.7. The molecule has 1 amide bonds. The van der Waals surface area contributed by atoms with E-state index in [2.05, 4.69) is 5.32 Å². The van der Waals surface area contributed by atoms with Crippen molar-refractivity contribution in [2.24, 2.45) is 11.8 Å². The van der Waals surface area contributed by atoms with Crippen molar-refractivity contribution in [3.05, 3.63) is 113 Å². The second-order valence-electron chi connectivity index (χ2n) is 8.33. The third-order valence-electron chi connectivity index (χ3n) is 6.56. The predicted molar refractivity (Wildman–Crippen MR) is 124 cm³/mol. The Labute approximate surface area is 189 Å². The van der Waals surface area contributed by atoms with Gasteiger partial charge in [0, 0.05) is 16.7 Å². The van der Waals surface area contributed by atoms with Crippen molar-refractivity contribution < 1.29 is 19.2 Å². The first-order chi connectivity index (χ1) is 16.1. The van der Waals surface area contributed by atoms with Crippen LogP contribution in [0.2, 0.25) is 0 Å². The van der Waals surface area contributed by atoms with Gasteiger partial charge in [-0.25, -0.2) is 0 Å². The van der Waals surface area contributed by atoms with Gasteiger partial charge in [0.15, 0.2) is 17.3 Å². The molecule has 0 radical (unpaired) electrons. The summed E-state index contributed by atoms with van der Waals surface area (Å²) in [7, 11) is 0. The Morgan fingerprint density at radius 3 is 2.06 bits per heavy atom. The first-order valence-electron chi connectivity index (χ1n) is 10.7. The molecular formula is C28H17NO4. The summed E-state index contributed by atoms with van der Waals surface area (Å²) in [6.45, 7) is 0. The first kappa shape index (κ1) is 19.3. The molecule has 0 aliphatic heterocycles. The zero-order valence-electron chi connectivity index (χ0n) is 17.4. The Hall–Kier alpha value is -4.38. The number of Topliss-reactive ketones (excluding diaryl/α,β-unsaturated/α-hetero) is 2. The van der Waals surface area contributed by atoms with Crippen molar-refractivity contribution in [1.82, 2.24) is 0 Å². The molecule has 2 atom stereocenters. The van der Waals surface area contributed by atoms with E-state index in [1.807, 2.05) is 18.2 Å². The van der Waals surface area contributed by atoms with Crippen LogP contribution in [0.25, 0.3) is 11.1 Å². The Balaban J connectivity index is 1.41. The quantitative estimate of drug-likeness (QED) is 0.490. The topological polar surface area (TPSA) is 80.3 Å². The number of hydrogen-bond acceptors (Lipinski definition) is 4. The highest BCUT2D eigenvalue weighted by Crippen LogP contribution is 2.40. The molecule has 5 heteroatoms. The molecule has 0 bridgehead atoms. The van der Waals surface area contributed by atoms with Crippen LogP contribution in [0.4, 0.5) is 5.69 Å². The van der Waals surface area contributed by atoms with Gasteiger partial charge in [0.2, 0.25) is 0 Å². The molecule has 3 aliphatic carbocycles. The van der Waals surface area contributed by atoms with Gasteiger partial charge < -0.3 is 5.32 Å². The minimum absolute atomic E-state index is 0.141. The monoisotopic (exact) mass is 431 g/mol. The van der Waals surface area contributed by atoms with E-state index in [1.165, 1.54) is 0 Å². The van der Waals surface area contributed by atoms with Crippen LogP contribution in [0, 0.1) is 11.8 Å². The van der Waals surface area contributed by atoms with Gasteiger partial charge in [-0.15, -0.1) is 0 Å². The minimum atomic E-state index is -0.579. The van der Waals surface area contributed by atoms with E-state index in [9.17, 15) is 19.2 Å². The van der Waals surface area contributed by atoms with Gasteiger partial charge in [-0.3, -0.25) is 19.2 Å². The lowest BCUT2D eigenvalue weighted by Crippen LogP contribution is -2.36. The molecule has 3 aliphatic rings. The molecule has 0 heterocycles. The van der Waals surface area contributed by atoms with Crippen LogP contribution in [0.5, 0.6) is 0 Å².